The van der Waals surface area contributed by atoms with E-state index < -0.39 is 10.0 Å². The SMILES string of the molecule is CN(C)CC1CCN(S(=O)(=O)Cc2cccc(N)c2)CC1. The van der Waals surface area contributed by atoms with Crippen molar-refractivity contribution in [3.8, 4) is 0 Å². The second-order valence-electron chi connectivity index (χ2n) is 6.11. The van der Waals surface area contributed by atoms with Crippen LogP contribution in [0.3, 0.4) is 0 Å². The fourth-order valence-corrected chi connectivity index (χ4v) is 4.42. The van der Waals surface area contributed by atoms with Crippen LogP contribution >= 0.6 is 0 Å². The molecule has 0 aromatic heterocycles. The third kappa shape index (κ3) is 4.69. The summed E-state index contributed by atoms with van der Waals surface area (Å²) in [5, 5.41) is 0. The van der Waals surface area contributed by atoms with Gasteiger partial charge in [0.05, 0.1) is 5.75 Å². The van der Waals surface area contributed by atoms with E-state index in [0.29, 0.717) is 24.7 Å². The maximum Gasteiger partial charge on any atom is 0.218 e. The number of benzene rings is 1. The minimum Gasteiger partial charge on any atom is -0.399 e. The van der Waals surface area contributed by atoms with Gasteiger partial charge in [0.1, 0.15) is 0 Å². The molecule has 6 heteroatoms. The summed E-state index contributed by atoms with van der Waals surface area (Å²) in [4.78, 5) is 2.17. The molecule has 0 atom stereocenters. The van der Waals surface area contributed by atoms with Crippen molar-refractivity contribution < 1.29 is 8.42 Å². The Morgan fingerprint density at radius 1 is 1.29 bits per heavy atom. The Bertz CT molecular complexity index is 564. The highest BCUT2D eigenvalue weighted by Crippen LogP contribution is 2.22. The van der Waals surface area contributed by atoms with Crippen LogP contribution in [-0.4, -0.2) is 51.4 Å². The van der Waals surface area contributed by atoms with Crippen molar-refractivity contribution in [3.05, 3.63) is 29.8 Å². The number of rotatable bonds is 5. The predicted octanol–water partition coefficient (Wildman–Crippen LogP) is 1.37. The van der Waals surface area contributed by atoms with Crippen LogP contribution in [-0.2, 0) is 15.8 Å². The first-order chi connectivity index (χ1) is 9.87. The first-order valence-corrected chi connectivity index (χ1v) is 8.95. The van der Waals surface area contributed by atoms with E-state index >= 15 is 0 Å². The number of anilines is 1. The summed E-state index contributed by atoms with van der Waals surface area (Å²) in [6, 6.07) is 7.11. The molecule has 1 aromatic carbocycles. The Morgan fingerprint density at radius 3 is 2.52 bits per heavy atom. The van der Waals surface area contributed by atoms with Crippen LogP contribution in [0.4, 0.5) is 5.69 Å². The van der Waals surface area contributed by atoms with E-state index in [1.54, 1.807) is 22.5 Å². The summed E-state index contributed by atoms with van der Waals surface area (Å²) in [6.45, 7) is 2.29. The smallest absolute Gasteiger partial charge is 0.218 e. The van der Waals surface area contributed by atoms with Gasteiger partial charge in [-0.05, 0) is 50.6 Å². The highest BCUT2D eigenvalue weighted by molar-refractivity contribution is 7.88. The molecular formula is C15H25N3O2S. The molecule has 21 heavy (non-hydrogen) atoms. The van der Waals surface area contributed by atoms with Crippen molar-refractivity contribution in [2.75, 3.05) is 39.5 Å². The largest absolute Gasteiger partial charge is 0.399 e. The molecule has 2 rings (SSSR count). The summed E-state index contributed by atoms with van der Waals surface area (Å²) in [5.74, 6) is 0.634. The second-order valence-corrected chi connectivity index (χ2v) is 8.07. The molecule has 118 valence electrons. The lowest BCUT2D eigenvalue weighted by molar-refractivity contribution is 0.225. The molecule has 1 aliphatic rings. The fraction of sp³-hybridized carbons (Fsp3) is 0.600. The molecule has 1 saturated heterocycles. The topological polar surface area (TPSA) is 66.6 Å². The summed E-state index contributed by atoms with van der Waals surface area (Å²) < 4.78 is 26.6. The Labute approximate surface area is 127 Å². The molecule has 1 heterocycles. The zero-order chi connectivity index (χ0) is 15.5. The lowest BCUT2D eigenvalue weighted by atomic mass is 9.98. The monoisotopic (exact) mass is 311 g/mol. The second kappa shape index (κ2) is 6.77. The molecule has 2 N–H and O–H groups in total. The lowest BCUT2D eigenvalue weighted by Crippen LogP contribution is -2.41. The maximum atomic E-state index is 12.5. The van der Waals surface area contributed by atoms with Gasteiger partial charge in [-0.2, -0.15) is 0 Å². The summed E-state index contributed by atoms with van der Waals surface area (Å²) in [5.41, 5.74) is 7.07. The molecule has 1 aromatic rings. The van der Waals surface area contributed by atoms with Crippen LogP contribution in [0.5, 0.6) is 0 Å². The van der Waals surface area contributed by atoms with E-state index in [2.05, 4.69) is 19.0 Å². The van der Waals surface area contributed by atoms with Crippen molar-refractivity contribution in [2.45, 2.75) is 18.6 Å². The first kappa shape index (κ1) is 16.3. The fourth-order valence-electron chi connectivity index (χ4n) is 2.87. The van der Waals surface area contributed by atoms with Gasteiger partial charge in [-0.3, -0.25) is 0 Å². The Balaban J connectivity index is 1.95. The number of nitrogens with two attached hydrogens (primary N) is 1. The number of nitrogens with zero attached hydrogens (tertiary/aromatic N) is 2. The van der Waals surface area contributed by atoms with Crippen LogP contribution in [0.25, 0.3) is 0 Å². The lowest BCUT2D eigenvalue weighted by Gasteiger charge is -2.32. The van der Waals surface area contributed by atoms with E-state index in [9.17, 15) is 8.42 Å². The molecular weight excluding hydrogens is 286 g/mol. The molecule has 0 bridgehead atoms. The maximum absolute atomic E-state index is 12.5. The molecule has 0 aliphatic carbocycles. The van der Waals surface area contributed by atoms with Crippen LogP contribution < -0.4 is 5.73 Å². The van der Waals surface area contributed by atoms with Crippen LogP contribution in [0.1, 0.15) is 18.4 Å². The molecule has 1 fully saturated rings. The molecule has 0 amide bonds. The average Bonchev–Trinajstić information content (AvgIpc) is 2.38. The Morgan fingerprint density at radius 2 is 1.95 bits per heavy atom. The number of hydrogen-bond donors (Lipinski definition) is 1. The standard InChI is InChI=1S/C15H25N3O2S/c1-17(2)11-13-6-8-18(9-7-13)21(19,20)12-14-4-3-5-15(16)10-14/h3-5,10,13H,6-9,11-12,16H2,1-2H3. The molecule has 5 nitrogen and oxygen atoms in total. The van der Waals surface area contributed by atoms with Gasteiger partial charge in [0.25, 0.3) is 0 Å². The van der Waals surface area contributed by atoms with E-state index in [-0.39, 0.29) is 5.75 Å². The van der Waals surface area contributed by atoms with Crippen molar-refractivity contribution in [1.82, 2.24) is 9.21 Å². The molecule has 0 unspecified atom stereocenters. The van der Waals surface area contributed by atoms with Gasteiger partial charge < -0.3 is 10.6 Å². The van der Waals surface area contributed by atoms with Gasteiger partial charge in [0.15, 0.2) is 0 Å². The number of sulfonamides is 1. The van der Waals surface area contributed by atoms with Gasteiger partial charge in [-0.25, -0.2) is 12.7 Å². The van der Waals surface area contributed by atoms with E-state index in [0.717, 1.165) is 24.9 Å². The van der Waals surface area contributed by atoms with Gasteiger partial charge in [-0.15, -0.1) is 0 Å². The van der Waals surface area contributed by atoms with Gasteiger partial charge in [0, 0.05) is 25.3 Å². The van der Waals surface area contributed by atoms with E-state index in [1.165, 1.54) is 0 Å². The minimum atomic E-state index is -3.24. The number of piperidine rings is 1. The van der Waals surface area contributed by atoms with Crippen molar-refractivity contribution >= 4 is 15.7 Å². The van der Waals surface area contributed by atoms with Crippen molar-refractivity contribution in [1.29, 1.82) is 0 Å². The van der Waals surface area contributed by atoms with Crippen LogP contribution in [0.15, 0.2) is 24.3 Å². The minimum absolute atomic E-state index is 0.0381. The zero-order valence-corrected chi connectivity index (χ0v) is 13.6. The Kier molecular flexibility index (Phi) is 5.24. The average molecular weight is 311 g/mol. The summed E-state index contributed by atoms with van der Waals surface area (Å²) in [6.07, 6.45) is 1.88. The number of nitrogen functional groups attached to an aromatic ring is 1. The Hall–Kier alpha value is -1.11. The predicted molar refractivity (Wildman–Crippen MR) is 86.3 cm³/mol. The van der Waals surface area contributed by atoms with Crippen molar-refractivity contribution in [3.63, 3.8) is 0 Å². The van der Waals surface area contributed by atoms with Crippen molar-refractivity contribution in [2.24, 2.45) is 5.92 Å². The first-order valence-electron chi connectivity index (χ1n) is 7.34. The molecule has 0 radical (unpaired) electrons. The van der Waals surface area contributed by atoms with E-state index in [1.807, 2.05) is 6.07 Å². The summed E-state index contributed by atoms with van der Waals surface area (Å²) >= 11 is 0. The van der Waals surface area contributed by atoms with Gasteiger partial charge in [-0.1, -0.05) is 12.1 Å². The molecule has 0 spiro atoms. The number of hydrogen-bond acceptors (Lipinski definition) is 4. The normalized spacial score (nSPS) is 18.2. The molecule has 0 saturated carbocycles. The highest BCUT2D eigenvalue weighted by atomic mass is 32.2. The summed E-state index contributed by atoms with van der Waals surface area (Å²) in [7, 11) is 0.876. The van der Waals surface area contributed by atoms with Crippen LogP contribution in [0, 0.1) is 5.92 Å². The molecule has 1 aliphatic heterocycles. The highest BCUT2D eigenvalue weighted by Gasteiger charge is 2.28. The third-order valence-corrected chi connectivity index (χ3v) is 5.74. The van der Waals surface area contributed by atoms with E-state index in [4.69, 9.17) is 5.73 Å². The van der Waals surface area contributed by atoms with Crippen LogP contribution in [0.2, 0.25) is 0 Å². The quantitative estimate of drug-likeness (QED) is 0.834. The third-order valence-electron chi connectivity index (χ3n) is 3.89. The zero-order valence-electron chi connectivity index (χ0n) is 12.8. The van der Waals surface area contributed by atoms with Gasteiger partial charge >= 0.3 is 0 Å². The van der Waals surface area contributed by atoms with Gasteiger partial charge in [0.2, 0.25) is 10.0 Å².